The van der Waals surface area contributed by atoms with Crippen LogP contribution in [0.25, 0.3) is 0 Å². The molecule has 104 valence electrons. The first kappa shape index (κ1) is 13.3. The van der Waals surface area contributed by atoms with Crippen LogP contribution in [0.15, 0.2) is 6.33 Å². The molecule has 0 bridgehead atoms. The van der Waals surface area contributed by atoms with E-state index in [1.807, 2.05) is 0 Å². The Bertz CT molecular complexity index is 503. The highest BCUT2D eigenvalue weighted by molar-refractivity contribution is 5.69. The van der Waals surface area contributed by atoms with Crippen LogP contribution >= 0.6 is 0 Å². The summed E-state index contributed by atoms with van der Waals surface area (Å²) in [4.78, 5) is 17.9. The number of alkyl halides is 3. The maximum atomic E-state index is 12.5. The third-order valence-electron chi connectivity index (χ3n) is 2.62. The lowest BCUT2D eigenvalue weighted by atomic mass is 10.3. The van der Waals surface area contributed by atoms with Crippen LogP contribution < -0.4 is 10.6 Å². The zero-order valence-corrected chi connectivity index (χ0v) is 9.59. The molecule has 2 N–H and O–H groups in total. The number of aromatic nitrogens is 2. The Balaban J connectivity index is 2.42. The average molecular weight is 277 g/mol. The van der Waals surface area contributed by atoms with Gasteiger partial charge >= 0.3 is 11.9 Å². The molecule has 1 aromatic heterocycles. The van der Waals surface area contributed by atoms with E-state index in [4.69, 9.17) is 5.73 Å². The van der Waals surface area contributed by atoms with Crippen molar-refractivity contribution in [2.45, 2.75) is 25.1 Å². The quantitative estimate of drug-likeness (QED) is 0.661. The van der Waals surface area contributed by atoms with E-state index in [1.54, 1.807) is 0 Å². The Morgan fingerprint density at radius 2 is 2.11 bits per heavy atom. The number of hydrogen-bond acceptors (Lipinski definition) is 6. The zero-order valence-electron chi connectivity index (χ0n) is 9.59. The Labute approximate surface area is 105 Å². The lowest BCUT2D eigenvalue weighted by Crippen LogP contribution is -2.37. The summed E-state index contributed by atoms with van der Waals surface area (Å²) >= 11 is 0. The molecule has 0 unspecified atom stereocenters. The number of anilines is 2. The highest BCUT2D eigenvalue weighted by atomic mass is 19.4. The van der Waals surface area contributed by atoms with Gasteiger partial charge in [0.15, 0.2) is 0 Å². The summed E-state index contributed by atoms with van der Waals surface area (Å²) < 4.78 is 37.6. The van der Waals surface area contributed by atoms with Crippen molar-refractivity contribution in [3.8, 4) is 0 Å². The number of nitrogens with two attached hydrogens (primary N) is 1. The summed E-state index contributed by atoms with van der Waals surface area (Å²) in [6.07, 6.45) is -2.48. The summed E-state index contributed by atoms with van der Waals surface area (Å²) in [6.45, 7) is -1.30. The summed E-state index contributed by atoms with van der Waals surface area (Å²) in [7, 11) is 0. The third kappa shape index (κ3) is 3.01. The average Bonchev–Trinajstić information content (AvgIpc) is 3.07. The minimum absolute atomic E-state index is 0.377. The molecule has 1 aromatic rings. The van der Waals surface area contributed by atoms with Gasteiger partial charge in [0.1, 0.15) is 12.9 Å². The van der Waals surface area contributed by atoms with Crippen LogP contribution in [0.2, 0.25) is 0 Å². The van der Waals surface area contributed by atoms with Crippen molar-refractivity contribution in [1.82, 2.24) is 9.97 Å². The molecule has 0 aliphatic heterocycles. The van der Waals surface area contributed by atoms with Gasteiger partial charge in [-0.1, -0.05) is 0 Å². The number of halogens is 3. The summed E-state index contributed by atoms with van der Waals surface area (Å²) in [5, 5.41) is 10.9. The molecule has 7 nitrogen and oxygen atoms in total. The van der Waals surface area contributed by atoms with E-state index in [0.29, 0.717) is 12.8 Å². The molecule has 0 atom stereocenters. The van der Waals surface area contributed by atoms with Crippen LogP contribution in [0.4, 0.5) is 30.5 Å². The van der Waals surface area contributed by atoms with Crippen molar-refractivity contribution in [2.24, 2.45) is 0 Å². The number of hydrogen-bond donors (Lipinski definition) is 1. The molecule has 19 heavy (non-hydrogen) atoms. The van der Waals surface area contributed by atoms with Crippen LogP contribution in [0, 0.1) is 10.1 Å². The van der Waals surface area contributed by atoms with E-state index in [0.717, 1.165) is 11.2 Å². The number of nitro groups is 1. The molecule has 0 spiro atoms. The predicted octanol–water partition coefficient (Wildman–Crippen LogP) is 1.50. The van der Waals surface area contributed by atoms with Crippen LogP contribution in [0.1, 0.15) is 12.8 Å². The van der Waals surface area contributed by atoms with E-state index in [2.05, 4.69) is 9.97 Å². The second-order valence-electron chi connectivity index (χ2n) is 4.16. The second-order valence-corrected chi connectivity index (χ2v) is 4.16. The first-order valence-corrected chi connectivity index (χ1v) is 5.38. The monoisotopic (exact) mass is 277 g/mol. The largest absolute Gasteiger partial charge is 0.405 e. The highest BCUT2D eigenvalue weighted by Crippen LogP contribution is 2.38. The normalized spacial score (nSPS) is 15.3. The lowest BCUT2D eigenvalue weighted by Gasteiger charge is -2.24. The molecule has 0 saturated heterocycles. The van der Waals surface area contributed by atoms with Crippen LogP contribution in [-0.2, 0) is 0 Å². The fourth-order valence-electron chi connectivity index (χ4n) is 1.72. The van der Waals surface area contributed by atoms with Gasteiger partial charge in [0.2, 0.25) is 11.6 Å². The van der Waals surface area contributed by atoms with E-state index in [1.165, 1.54) is 0 Å². The highest BCUT2D eigenvalue weighted by Gasteiger charge is 2.42. The molecule has 1 aliphatic carbocycles. The van der Waals surface area contributed by atoms with Gasteiger partial charge in [-0.3, -0.25) is 10.1 Å². The van der Waals surface area contributed by atoms with E-state index in [-0.39, 0.29) is 5.82 Å². The molecule has 1 fully saturated rings. The van der Waals surface area contributed by atoms with Gasteiger partial charge in [0.05, 0.1) is 4.92 Å². The second kappa shape index (κ2) is 4.52. The smallest absolute Gasteiger partial charge is 0.378 e. The fourth-order valence-corrected chi connectivity index (χ4v) is 1.72. The maximum absolute atomic E-state index is 12.5. The maximum Gasteiger partial charge on any atom is 0.405 e. The number of nitrogen functional groups attached to an aromatic ring is 1. The molecular formula is C9H10F3N5O2. The minimum atomic E-state index is -4.48. The fraction of sp³-hybridized carbons (Fsp3) is 0.556. The van der Waals surface area contributed by atoms with Crippen LogP contribution in [0.5, 0.6) is 0 Å². The molecule has 0 aromatic carbocycles. The lowest BCUT2D eigenvalue weighted by molar-refractivity contribution is -0.383. The van der Waals surface area contributed by atoms with Gasteiger partial charge in [-0.2, -0.15) is 13.2 Å². The van der Waals surface area contributed by atoms with Crippen molar-refractivity contribution in [2.75, 3.05) is 17.2 Å². The topological polar surface area (TPSA) is 98.2 Å². The van der Waals surface area contributed by atoms with Crippen LogP contribution in [-0.4, -0.2) is 33.7 Å². The number of rotatable bonds is 4. The number of nitrogens with zero attached hydrogens (tertiary/aromatic N) is 4. The zero-order chi connectivity index (χ0) is 14.2. The first-order valence-electron chi connectivity index (χ1n) is 5.38. The Morgan fingerprint density at radius 1 is 1.47 bits per heavy atom. The molecule has 0 amide bonds. The van der Waals surface area contributed by atoms with Gasteiger partial charge in [0, 0.05) is 6.04 Å². The van der Waals surface area contributed by atoms with Gasteiger partial charge in [0.25, 0.3) is 0 Å². The SMILES string of the molecule is Nc1ncnc(N(CC(F)(F)F)C2CC2)c1[N+](=O)[O-]. The van der Waals surface area contributed by atoms with Crippen molar-refractivity contribution >= 4 is 17.3 Å². The molecule has 2 rings (SSSR count). The Morgan fingerprint density at radius 3 is 2.58 bits per heavy atom. The standard InChI is InChI=1S/C9H10F3N5O2/c10-9(11,12)3-16(5-1-2-5)8-6(17(18)19)7(13)14-4-15-8/h4-5H,1-3H2,(H2,13,14,15). The van der Waals surface area contributed by atoms with Crippen molar-refractivity contribution < 1.29 is 18.1 Å². The molecule has 1 heterocycles. The molecular weight excluding hydrogens is 267 g/mol. The van der Waals surface area contributed by atoms with Gasteiger partial charge in [-0.25, -0.2) is 9.97 Å². The van der Waals surface area contributed by atoms with Gasteiger partial charge in [-0.15, -0.1) is 0 Å². The molecule has 1 saturated carbocycles. The Hall–Kier alpha value is -2.13. The van der Waals surface area contributed by atoms with E-state index in [9.17, 15) is 23.3 Å². The molecule has 0 radical (unpaired) electrons. The molecule has 1 aliphatic rings. The van der Waals surface area contributed by atoms with Crippen molar-refractivity contribution in [1.29, 1.82) is 0 Å². The first-order chi connectivity index (χ1) is 8.79. The van der Waals surface area contributed by atoms with Crippen LogP contribution in [0.3, 0.4) is 0 Å². The molecule has 10 heteroatoms. The van der Waals surface area contributed by atoms with Crippen molar-refractivity contribution in [3.63, 3.8) is 0 Å². The summed E-state index contributed by atoms with van der Waals surface area (Å²) in [5.41, 5.74) is 4.66. The minimum Gasteiger partial charge on any atom is -0.378 e. The summed E-state index contributed by atoms with van der Waals surface area (Å²) in [5.74, 6) is -0.819. The van der Waals surface area contributed by atoms with E-state index < -0.39 is 35.2 Å². The predicted molar refractivity (Wildman–Crippen MR) is 59.5 cm³/mol. The van der Waals surface area contributed by atoms with Crippen molar-refractivity contribution in [3.05, 3.63) is 16.4 Å². The van der Waals surface area contributed by atoms with E-state index >= 15 is 0 Å². The summed E-state index contributed by atoms with van der Waals surface area (Å²) in [6, 6.07) is -0.394. The third-order valence-corrected chi connectivity index (χ3v) is 2.62. The Kier molecular flexibility index (Phi) is 3.16. The van der Waals surface area contributed by atoms with Gasteiger partial charge in [-0.05, 0) is 12.8 Å². The van der Waals surface area contributed by atoms with Gasteiger partial charge < -0.3 is 10.6 Å².